The van der Waals surface area contributed by atoms with Gasteiger partial charge >= 0.3 is 0 Å². The van der Waals surface area contributed by atoms with Gasteiger partial charge in [-0.25, -0.2) is 13.1 Å². The maximum absolute atomic E-state index is 11.7. The van der Waals surface area contributed by atoms with Crippen LogP contribution in [0.2, 0.25) is 0 Å². The molecule has 0 saturated carbocycles. The molecule has 2 N–H and O–H groups in total. The molecule has 0 aromatic carbocycles. The first-order chi connectivity index (χ1) is 8.03. The Labute approximate surface area is 107 Å². The minimum atomic E-state index is -3.17. The summed E-state index contributed by atoms with van der Waals surface area (Å²) in [5.74, 6) is 0.134. The maximum atomic E-state index is 11.7. The maximum Gasteiger partial charge on any atom is 0.213 e. The van der Waals surface area contributed by atoms with Gasteiger partial charge in [0.15, 0.2) is 0 Å². The van der Waals surface area contributed by atoms with Crippen molar-refractivity contribution in [3.8, 4) is 0 Å². The lowest BCUT2D eigenvalue weighted by Crippen LogP contribution is -2.38. The van der Waals surface area contributed by atoms with Gasteiger partial charge in [0.2, 0.25) is 10.0 Å². The standard InChI is InChI=1S/C11H20N2O2S2/c1-3-12-5-7-17(14,15)13-10(2)8-11-4-6-16-9-11/h4,6,9-10,12-13H,3,5,7-8H2,1-2H3. The Morgan fingerprint density at radius 3 is 2.82 bits per heavy atom. The lowest BCUT2D eigenvalue weighted by Gasteiger charge is -2.13. The fourth-order valence-electron chi connectivity index (χ4n) is 1.55. The molecule has 0 fully saturated rings. The molecule has 0 aliphatic heterocycles. The second-order valence-corrected chi connectivity index (χ2v) is 6.68. The Balaban J connectivity index is 2.36. The highest BCUT2D eigenvalue weighted by Gasteiger charge is 2.14. The molecule has 1 aromatic heterocycles. The van der Waals surface area contributed by atoms with Crippen LogP contribution in [0.1, 0.15) is 19.4 Å². The number of rotatable bonds is 8. The molecular weight excluding hydrogens is 256 g/mol. The lowest BCUT2D eigenvalue weighted by atomic mass is 10.1. The number of hydrogen-bond donors (Lipinski definition) is 2. The quantitative estimate of drug-likeness (QED) is 0.702. The van der Waals surface area contributed by atoms with Crippen molar-refractivity contribution < 1.29 is 8.42 Å². The number of hydrogen-bond acceptors (Lipinski definition) is 4. The summed E-state index contributed by atoms with van der Waals surface area (Å²) < 4.78 is 26.1. The van der Waals surface area contributed by atoms with Crippen molar-refractivity contribution in [2.75, 3.05) is 18.8 Å². The molecule has 0 spiro atoms. The molecule has 1 aromatic rings. The Morgan fingerprint density at radius 2 is 2.24 bits per heavy atom. The number of sulfonamides is 1. The highest BCUT2D eigenvalue weighted by Crippen LogP contribution is 2.08. The summed E-state index contributed by atoms with van der Waals surface area (Å²) in [5, 5.41) is 7.05. The third kappa shape index (κ3) is 6.16. The van der Waals surface area contributed by atoms with Crippen LogP contribution in [0.15, 0.2) is 16.8 Å². The van der Waals surface area contributed by atoms with Gasteiger partial charge in [0.25, 0.3) is 0 Å². The van der Waals surface area contributed by atoms with Crippen LogP contribution < -0.4 is 10.0 Å². The molecule has 0 saturated heterocycles. The number of nitrogens with one attached hydrogen (secondary N) is 2. The largest absolute Gasteiger partial charge is 0.316 e. The average Bonchev–Trinajstić information content (AvgIpc) is 2.69. The molecule has 17 heavy (non-hydrogen) atoms. The monoisotopic (exact) mass is 276 g/mol. The van der Waals surface area contributed by atoms with E-state index in [2.05, 4.69) is 10.0 Å². The van der Waals surface area contributed by atoms with Crippen LogP contribution in [-0.2, 0) is 16.4 Å². The van der Waals surface area contributed by atoms with E-state index >= 15 is 0 Å². The Morgan fingerprint density at radius 1 is 1.47 bits per heavy atom. The van der Waals surface area contributed by atoms with Gasteiger partial charge in [0.1, 0.15) is 0 Å². The minimum Gasteiger partial charge on any atom is -0.316 e. The molecule has 0 aliphatic carbocycles. The summed E-state index contributed by atoms with van der Waals surface area (Å²) in [6.07, 6.45) is 0.740. The van der Waals surface area contributed by atoms with E-state index in [0.717, 1.165) is 13.0 Å². The van der Waals surface area contributed by atoms with Crippen LogP contribution in [0, 0.1) is 0 Å². The Bertz CT molecular complexity index is 401. The van der Waals surface area contributed by atoms with E-state index in [1.807, 2.05) is 30.7 Å². The topological polar surface area (TPSA) is 58.2 Å². The molecule has 0 bridgehead atoms. The average molecular weight is 276 g/mol. The Kier molecular flexibility index (Phi) is 6.11. The van der Waals surface area contributed by atoms with Crippen LogP contribution in [-0.4, -0.2) is 33.3 Å². The predicted octanol–water partition coefficient (Wildman–Crippen LogP) is 1.21. The van der Waals surface area contributed by atoms with Gasteiger partial charge in [-0.1, -0.05) is 6.92 Å². The van der Waals surface area contributed by atoms with E-state index in [4.69, 9.17) is 0 Å². The fraction of sp³-hybridized carbons (Fsp3) is 0.636. The normalized spacial score (nSPS) is 13.8. The van der Waals surface area contributed by atoms with Crippen LogP contribution in [0.25, 0.3) is 0 Å². The fourth-order valence-corrected chi connectivity index (χ4v) is 3.46. The van der Waals surface area contributed by atoms with E-state index in [1.54, 1.807) is 11.3 Å². The van der Waals surface area contributed by atoms with Gasteiger partial charge in [0, 0.05) is 12.6 Å². The first-order valence-corrected chi connectivity index (χ1v) is 8.35. The molecule has 0 aliphatic rings. The van der Waals surface area contributed by atoms with Crippen molar-refractivity contribution >= 4 is 21.4 Å². The second-order valence-electron chi connectivity index (χ2n) is 4.03. The SMILES string of the molecule is CCNCCS(=O)(=O)NC(C)Cc1ccsc1. The molecule has 1 unspecified atom stereocenters. The summed E-state index contributed by atoms with van der Waals surface area (Å²) in [7, 11) is -3.17. The van der Waals surface area contributed by atoms with Crippen LogP contribution in [0.4, 0.5) is 0 Å². The second kappa shape index (κ2) is 7.10. The molecule has 0 amide bonds. The summed E-state index contributed by atoms with van der Waals surface area (Å²) in [6.45, 7) is 5.14. The van der Waals surface area contributed by atoms with Crippen LogP contribution >= 0.6 is 11.3 Å². The summed E-state index contributed by atoms with van der Waals surface area (Å²) >= 11 is 1.63. The smallest absolute Gasteiger partial charge is 0.213 e. The Hall–Kier alpha value is -0.430. The highest BCUT2D eigenvalue weighted by molar-refractivity contribution is 7.89. The first-order valence-electron chi connectivity index (χ1n) is 5.75. The van der Waals surface area contributed by atoms with E-state index in [0.29, 0.717) is 6.54 Å². The zero-order valence-corrected chi connectivity index (χ0v) is 11.9. The van der Waals surface area contributed by atoms with E-state index in [9.17, 15) is 8.42 Å². The van der Waals surface area contributed by atoms with Gasteiger partial charge in [-0.05, 0) is 42.3 Å². The zero-order valence-electron chi connectivity index (χ0n) is 10.3. The summed E-state index contributed by atoms with van der Waals surface area (Å²) in [6, 6.07) is 1.96. The third-order valence-corrected chi connectivity index (χ3v) is 4.54. The molecule has 98 valence electrons. The van der Waals surface area contributed by atoms with Crippen molar-refractivity contribution in [1.29, 1.82) is 0 Å². The molecule has 1 heterocycles. The van der Waals surface area contributed by atoms with Gasteiger partial charge in [-0.2, -0.15) is 11.3 Å². The van der Waals surface area contributed by atoms with Gasteiger partial charge in [-0.3, -0.25) is 0 Å². The molecule has 4 nitrogen and oxygen atoms in total. The molecular formula is C11H20N2O2S2. The molecule has 0 radical (unpaired) electrons. The van der Waals surface area contributed by atoms with Gasteiger partial charge < -0.3 is 5.32 Å². The zero-order chi connectivity index (χ0) is 12.7. The van der Waals surface area contributed by atoms with Crippen LogP contribution in [0.3, 0.4) is 0 Å². The van der Waals surface area contributed by atoms with E-state index in [-0.39, 0.29) is 11.8 Å². The van der Waals surface area contributed by atoms with Crippen molar-refractivity contribution in [2.45, 2.75) is 26.3 Å². The predicted molar refractivity (Wildman–Crippen MR) is 73.0 cm³/mol. The van der Waals surface area contributed by atoms with Gasteiger partial charge in [-0.15, -0.1) is 0 Å². The molecule has 6 heteroatoms. The van der Waals surface area contributed by atoms with Crippen LogP contribution in [0.5, 0.6) is 0 Å². The first kappa shape index (κ1) is 14.6. The lowest BCUT2D eigenvalue weighted by molar-refractivity contribution is 0.557. The van der Waals surface area contributed by atoms with Crippen molar-refractivity contribution in [1.82, 2.24) is 10.0 Å². The van der Waals surface area contributed by atoms with Crippen molar-refractivity contribution in [3.63, 3.8) is 0 Å². The van der Waals surface area contributed by atoms with E-state index < -0.39 is 10.0 Å². The number of thiophene rings is 1. The van der Waals surface area contributed by atoms with E-state index in [1.165, 1.54) is 5.56 Å². The third-order valence-electron chi connectivity index (χ3n) is 2.30. The minimum absolute atomic E-state index is 0.0590. The molecule has 1 atom stereocenters. The summed E-state index contributed by atoms with van der Waals surface area (Å²) in [4.78, 5) is 0. The van der Waals surface area contributed by atoms with Crippen molar-refractivity contribution in [2.24, 2.45) is 0 Å². The van der Waals surface area contributed by atoms with Crippen molar-refractivity contribution in [3.05, 3.63) is 22.4 Å². The van der Waals surface area contributed by atoms with Gasteiger partial charge in [0.05, 0.1) is 5.75 Å². The molecule has 1 rings (SSSR count). The highest BCUT2D eigenvalue weighted by atomic mass is 32.2. The summed E-state index contributed by atoms with van der Waals surface area (Å²) in [5.41, 5.74) is 1.18.